The first kappa shape index (κ1) is 16.2. The van der Waals surface area contributed by atoms with Gasteiger partial charge in [-0.15, -0.1) is 0 Å². The Bertz CT molecular complexity index is 452. The Hall–Kier alpha value is -1.14. The van der Waals surface area contributed by atoms with Crippen molar-refractivity contribution < 1.29 is 19.3 Å². The SMILES string of the molecule is CCN(Cc1ccc(OC)c(COC)c1)[C@H]1COC[C@@H]1O. The molecule has 0 amide bonds. The highest BCUT2D eigenvalue weighted by atomic mass is 16.5. The van der Waals surface area contributed by atoms with E-state index >= 15 is 0 Å². The number of hydrogen-bond acceptors (Lipinski definition) is 5. The van der Waals surface area contributed by atoms with Gasteiger partial charge < -0.3 is 19.3 Å². The molecule has 2 atom stereocenters. The summed E-state index contributed by atoms with van der Waals surface area (Å²) >= 11 is 0. The molecule has 1 fully saturated rings. The van der Waals surface area contributed by atoms with Crippen LogP contribution in [0.4, 0.5) is 0 Å². The quantitative estimate of drug-likeness (QED) is 0.824. The van der Waals surface area contributed by atoms with Crippen molar-refractivity contribution in [1.29, 1.82) is 0 Å². The lowest BCUT2D eigenvalue weighted by Gasteiger charge is -2.28. The number of aliphatic hydroxyl groups excluding tert-OH is 1. The van der Waals surface area contributed by atoms with E-state index < -0.39 is 6.10 Å². The molecule has 5 heteroatoms. The summed E-state index contributed by atoms with van der Waals surface area (Å²) in [6, 6.07) is 6.21. The molecule has 0 saturated carbocycles. The Morgan fingerprint density at radius 1 is 1.33 bits per heavy atom. The zero-order valence-electron chi connectivity index (χ0n) is 13.0. The number of methoxy groups -OCH3 is 2. The molecule has 2 rings (SSSR count). The van der Waals surface area contributed by atoms with E-state index in [4.69, 9.17) is 14.2 Å². The number of ether oxygens (including phenoxy) is 3. The van der Waals surface area contributed by atoms with Crippen LogP contribution in [-0.2, 0) is 22.6 Å². The summed E-state index contributed by atoms with van der Waals surface area (Å²) in [4.78, 5) is 2.25. The number of likely N-dealkylation sites (N-methyl/N-ethyl adjacent to an activating group) is 1. The topological polar surface area (TPSA) is 51.2 Å². The molecule has 0 aliphatic carbocycles. The van der Waals surface area contributed by atoms with Gasteiger partial charge in [0.2, 0.25) is 0 Å². The van der Waals surface area contributed by atoms with Crippen LogP contribution in [0.5, 0.6) is 5.75 Å². The molecule has 118 valence electrons. The predicted molar refractivity (Wildman–Crippen MR) is 80.4 cm³/mol. The number of benzene rings is 1. The van der Waals surface area contributed by atoms with Crippen LogP contribution in [0.2, 0.25) is 0 Å². The maximum absolute atomic E-state index is 9.98. The monoisotopic (exact) mass is 295 g/mol. The lowest BCUT2D eigenvalue weighted by Crippen LogP contribution is -2.42. The molecular weight excluding hydrogens is 270 g/mol. The molecule has 0 radical (unpaired) electrons. The van der Waals surface area contributed by atoms with Gasteiger partial charge in [-0.2, -0.15) is 0 Å². The molecule has 0 bridgehead atoms. The van der Waals surface area contributed by atoms with E-state index in [1.807, 2.05) is 6.07 Å². The van der Waals surface area contributed by atoms with Crippen molar-refractivity contribution in [2.75, 3.05) is 34.0 Å². The van der Waals surface area contributed by atoms with Crippen LogP contribution < -0.4 is 4.74 Å². The number of hydrogen-bond donors (Lipinski definition) is 1. The van der Waals surface area contributed by atoms with Gasteiger partial charge in [0.25, 0.3) is 0 Å². The minimum atomic E-state index is -0.401. The van der Waals surface area contributed by atoms with Gasteiger partial charge in [0, 0.05) is 19.2 Å². The summed E-state index contributed by atoms with van der Waals surface area (Å²) in [7, 11) is 3.34. The van der Waals surface area contributed by atoms with Gasteiger partial charge in [-0.05, 0) is 24.2 Å². The molecule has 21 heavy (non-hydrogen) atoms. The van der Waals surface area contributed by atoms with Crippen molar-refractivity contribution in [2.45, 2.75) is 32.2 Å². The summed E-state index contributed by atoms with van der Waals surface area (Å²) in [5.74, 6) is 0.841. The van der Waals surface area contributed by atoms with Crippen molar-refractivity contribution in [1.82, 2.24) is 4.90 Å². The molecule has 1 aliphatic heterocycles. The fourth-order valence-electron chi connectivity index (χ4n) is 2.78. The lowest BCUT2D eigenvalue weighted by atomic mass is 10.1. The van der Waals surface area contributed by atoms with E-state index in [1.165, 1.54) is 5.56 Å². The van der Waals surface area contributed by atoms with Gasteiger partial charge in [-0.1, -0.05) is 13.0 Å². The van der Waals surface area contributed by atoms with E-state index in [1.54, 1.807) is 14.2 Å². The summed E-state index contributed by atoms with van der Waals surface area (Å²) in [5, 5.41) is 9.98. The van der Waals surface area contributed by atoms with Crippen LogP contribution in [0.1, 0.15) is 18.1 Å². The van der Waals surface area contributed by atoms with E-state index in [9.17, 15) is 5.11 Å². The second-order valence-corrected chi connectivity index (χ2v) is 5.31. The highest BCUT2D eigenvalue weighted by Crippen LogP contribution is 2.23. The molecule has 5 nitrogen and oxygen atoms in total. The van der Waals surface area contributed by atoms with Crippen molar-refractivity contribution >= 4 is 0 Å². The highest BCUT2D eigenvalue weighted by molar-refractivity contribution is 5.37. The van der Waals surface area contributed by atoms with Crippen LogP contribution in [-0.4, -0.2) is 56.1 Å². The Morgan fingerprint density at radius 3 is 2.71 bits per heavy atom. The maximum atomic E-state index is 9.98. The average Bonchev–Trinajstić information content (AvgIpc) is 2.91. The highest BCUT2D eigenvalue weighted by Gasteiger charge is 2.30. The molecule has 1 heterocycles. The third-order valence-electron chi connectivity index (χ3n) is 3.93. The van der Waals surface area contributed by atoms with E-state index in [2.05, 4.69) is 24.0 Å². The van der Waals surface area contributed by atoms with Gasteiger partial charge in [-0.3, -0.25) is 4.90 Å². The molecular formula is C16H25NO4. The zero-order chi connectivity index (χ0) is 15.2. The first-order valence-electron chi connectivity index (χ1n) is 7.34. The Kier molecular flexibility index (Phi) is 5.99. The maximum Gasteiger partial charge on any atom is 0.124 e. The largest absolute Gasteiger partial charge is 0.496 e. The van der Waals surface area contributed by atoms with E-state index in [0.717, 1.165) is 24.4 Å². The zero-order valence-corrected chi connectivity index (χ0v) is 13.0. The van der Waals surface area contributed by atoms with Crippen LogP contribution in [0, 0.1) is 0 Å². The summed E-state index contributed by atoms with van der Waals surface area (Å²) < 4.78 is 15.9. The molecule has 1 aromatic carbocycles. The number of aliphatic hydroxyl groups is 1. The Morgan fingerprint density at radius 2 is 2.14 bits per heavy atom. The van der Waals surface area contributed by atoms with Crippen LogP contribution in [0.3, 0.4) is 0 Å². The van der Waals surface area contributed by atoms with E-state index in [-0.39, 0.29) is 6.04 Å². The van der Waals surface area contributed by atoms with Crippen LogP contribution >= 0.6 is 0 Å². The molecule has 0 aromatic heterocycles. The third kappa shape index (κ3) is 3.95. The molecule has 0 spiro atoms. The van der Waals surface area contributed by atoms with Gasteiger partial charge >= 0.3 is 0 Å². The Balaban J connectivity index is 2.11. The van der Waals surface area contributed by atoms with Gasteiger partial charge in [0.05, 0.1) is 39.1 Å². The second-order valence-electron chi connectivity index (χ2n) is 5.31. The van der Waals surface area contributed by atoms with Crippen molar-refractivity contribution in [3.8, 4) is 5.75 Å². The summed E-state index contributed by atoms with van der Waals surface area (Å²) in [6.07, 6.45) is -0.401. The van der Waals surface area contributed by atoms with Crippen LogP contribution in [0.15, 0.2) is 18.2 Å². The average molecular weight is 295 g/mol. The minimum Gasteiger partial charge on any atom is -0.496 e. The standard InChI is InChI=1S/C16H25NO4/c1-4-17(14-10-21-11-15(14)18)8-12-5-6-16(20-3)13(7-12)9-19-2/h5-7,14-15,18H,4,8-11H2,1-3H3/t14-,15-/m0/s1. The molecule has 1 N–H and O–H groups in total. The predicted octanol–water partition coefficient (Wildman–Crippen LogP) is 1.42. The van der Waals surface area contributed by atoms with Crippen molar-refractivity contribution in [2.24, 2.45) is 0 Å². The van der Waals surface area contributed by atoms with Crippen molar-refractivity contribution in [3.63, 3.8) is 0 Å². The first-order chi connectivity index (χ1) is 10.2. The number of rotatable bonds is 7. The fourth-order valence-corrected chi connectivity index (χ4v) is 2.78. The first-order valence-corrected chi connectivity index (χ1v) is 7.34. The summed E-state index contributed by atoms with van der Waals surface area (Å²) in [5.41, 5.74) is 2.22. The lowest BCUT2D eigenvalue weighted by molar-refractivity contribution is 0.0807. The normalized spacial score (nSPS) is 22.0. The molecule has 0 unspecified atom stereocenters. The summed E-state index contributed by atoms with van der Waals surface area (Å²) in [6.45, 7) is 5.30. The van der Waals surface area contributed by atoms with Gasteiger partial charge in [0.1, 0.15) is 5.75 Å². The van der Waals surface area contributed by atoms with Gasteiger partial charge in [-0.25, -0.2) is 0 Å². The fraction of sp³-hybridized carbons (Fsp3) is 0.625. The smallest absolute Gasteiger partial charge is 0.124 e. The Labute approximate surface area is 126 Å². The van der Waals surface area contributed by atoms with Crippen LogP contribution in [0.25, 0.3) is 0 Å². The minimum absolute atomic E-state index is 0.0722. The number of nitrogens with zero attached hydrogens (tertiary/aromatic N) is 1. The molecule has 1 aromatic rings. The van der Waals surface area contributed by atoms with Gasteiger partial charge in [0.15, 0.2) is 0 Å². The molecule has 1 aliphatic rings. The second kappa shape index (κ2) is 7.75. The van der Waals surface area contributed by atoms with Crippen molar-refractivity contribution in [3.05, 3.63) is 29.3 Å². The third-order valence-corrected chi connectivity index (χ3v) is 3.93. The van der Waals surface area contributed by atoms with E-state index in [0.29, 0.717) is 19.8 Å². The molecule has 1 saturated heterocycles.